The number of hydrogen-bond donors (Lipinski definition) is 4. The van der Waals surface area contributed by atoms with Crippen LogP contribution in [0.15, 0.2) is 18.2 Å². The molecule has 82 valence electrons. The van der Waals surface area contributed by atoms with Crippen LogP contribution >= 0.6 is 0 Å². The first-order valence-corrected chi connectivity index (χ1v) is 4.39. The molecule has 1 aromatic carbocycles. The topological polar surface area (TPSA) is 104 Å². The predicted octanol–water partition coefficient (Wildman–Crippen LogP) is 0.146. The molecule has 0 aliphatic carbocycles. The van der Waals surface area contributed by atoms with Gasteiger partial charge in [0.25, 0.3) is 0 Å². The minimum Gasteiger partial charge on any atom is -0.508 e. The molecular formula is C10H13NO4. The van der Waals surface area contributed by atoms with Crippen molar-refractivity contribution in [1.82, 2.24) is 0 Å². The van der Waals surface area contributed by atoms with Crippen molar-refractivity contribution in [2.75, 3.05) is 0 Å². The van der Waals surface area contributed by atoms with Crippen molar-refractivity contribution in [2.24, 2.45) is 5.73 Å². The summed E-state index contributed by atoms with van der Waals surface area (Å²) in [5.41, 5.74) is 6.18. The number of aliphatic hydroxyl groups excluding tert-OH is 1. The average molecular weight is 211 g/mol. The van der Waals surface area contributed by atoms with Gasteiger partial charge in [-0.25, -0.2) is 0 Å². The summed E-state index contributed by atoms with van der Waals surface area (Å²) in [5, 5.41) is 27.5. The summed E-state index contributed by atoms with van der Waals surface area (Å²) in [6.07, 6.45) is -1.32. The quantitative estimate of drug-likeness (QED) is 0.569. The normalized spacial score (nSPS) is 14.6. The van der Waals surface area contributed by atoms with Crippen LogP contribution in [0.25, 0.3) is 0 Å². The Morgan fingerprint density at radius 1 is 1.47 bits per heavy atom. The molecule has 5 heteroatoms. The highest BCUT2D eigenvalue weighted by Crippen LogP contribution is 2.23. The maximum Gasteiger partial charge on any atom is 0.323 e. The Balaban J connectivity index is 2.96. The molecule has 0 aliphatic heterocycles. The van der Waals surface area contributed by atoms with E-state index in [0.29, 0.717) is 5.56 Å². The average Bonchev–Trinajstić information content (AvgIpc) is 2.19. The minimum absolute atomic E-state index is 0.00383. The number of carboxylic acids is 1. The van der Waals surface area contributed by atoms with Crippen LogP contribution < -0.4 is 5.73 Å². The Morgan fingerprint density at radius 2 is 2.07 bits per heavy atom. The van der Waals surface area contributed by atoms with Gasteiger partial charge >= 0.3 is 5.97 Å². The second-order valence-corrected chi connectivity index (χ2v) is 3.35. The Bertz CT molecular complexity index is 378. The van der Waals surface area contributed by atoms with Gasteiger partial charge in [-0.3, -0.25) is 4.79 Å². The molecule has 2 atom stereocenters. The van der Waals surface area contributed by atoms with Crippen LogP contribution in [0.4, 0.5) is 0 Å². The largest absolute Gasteiger partial charge is 0.508 e. The lowest BCUT2D eigenvalue weighted by Gasteiger charge is -2.15. The number of aromatic hydroxyl groups is 1. The molecular weight excluding hydrogens is 198 g/mol. The summed E-state index contributed by atoms with van der Waals surface area (Å²) in [6, 6.07) is 3.03. The van der Waals surface area contributed by atoms with E-state index in [1.807, 2.05) is 0 Å². The van der Waals surface area contributed by atoms with Gasteiger partial charge in [0.2, 0.25) is 0 Å². The van der Waals surface area contributed by atoms with Crippen LogP contribution in [0.3, 0.4) is 0 Å². The number of nitrogens with two attached hydrogens (primary N) is 1. The number of phenols is 1. The fraction of sp³-hybridized carbons (Fsp3) is 0.300. The van der Waals surface area contributed by atoms with E-state index in [1.165, 1.54) is 12.1 Å². The van der Waals surface area contributed by atoms with Crippen LogP contribution in [0.1, 0.15) is 17.2 Å². The van der Waals surface area contributed by atoms with Crippen molar-refractivity contribution in [1.29, 1.82) is 0 Å². The number of aryl methyl sites for hydroxylation is 1. The first-order chi connectivity index (χ1) is 6.93. The zero-order chi connectivity index (χ0) is 11.6. The molecule has 0 aromatic heterocycles. The second kappa shape index (κ2) is 4.29. The molecule has 0 aliphatic rings. The lowest BCUT2D eigenvalue weighted by atomic mass is 10.0. The maximum absolute atomic E-state index is 10.5. The highest BCUT2D eigenvalue weighted by atomic mass is 16.4. The highest BCUT2D eigenvalue weighted by Gasteiger charge is 2.23. The standard InChI is InChI=1S/C10H13NO4/c1-5-2-3-6(4-7(5)12)9(13)8(11)10(14)15/h2-4,8-9,12-13H,11H2,1H3,(H,14,15). The Hall–Kier alpha value is -1.59. The number of phenolic OH excluding ortho intramolecular Hbond substituents is 1. The summed E-state index contributed by atoms with van der Waals surface area (Å²) in [4.78, 5) is 10.5. The van der Waals surface area contributed by atoms with Gasteiger partial charge in [0.15, 0.2) is 0 Å². The number of benzene rings is 1. The maximum atomic E-state index is 10.5. The molecule has 5 N–H and O–H groups in total. The number of rotatable bonds is 3. The number of hydrogen-bond acceptors (Lipinski definition) is 4. The van der Waals surface area contributed by atoms with Crippen molar-refractivity contribution in [3.8, 4) is 5.75 Å². The first kappa shape index (κ1) is 11.5. The molecule has 0 saturated carbocycles. The fourth-order valence-electron chi connectivity index (χ4n) is 1.15. The van der Waals surface area contributed by atoms with E-state index in [1.54, 1.807) is 13.0 Å². The van der Waals surface area contributed by atoms with E-state index < -0.39 is 18.1 Å². The van der Waals surface area contributed by atoms with Crippen molar-refractivity contribution in [2.45, 2.75) is 19.1 Å². The third-order valence-corrected chi connectivity index (χ3v) is 2.20. The summed E-state index contributed by atoms with van der Waals surface area (Å²) < 4.78 is 0. The van der Waals surface area contributed by atoms with Gasteiger partial charge < -0.3 is 21.1 Å². The molecule has 0 bridgehead atoms. The Morgan fingerprint density at radius 3 is 2.53 bits per heavy atom. The molecule has 0 radical (unpaired) electrons. The zero-order valence-corrected chi connectivity index (χ0v) is 8.21. The smallest absolute Gasteiger partial charge is 0.323 e. The molecule has 2 unspecified atom stereocenters. The predicted molar refractivity (Wildman–Crippen MR) is 53.4 cm³/mol. The third-order valence-electron chi connectivity index (χ3n) is 2.20. The number of aliphatic carboxylic acids is 1. The summed E-state index contributed by atoms with van der Waals surface area (Å²) in [7, 11) is 0. The molecule has 0 fully saturated rings. The summed E-state index contributed by atoms with van der Waals surface area (Å²) >= 11 is 0. The minimum atomic E-state index is -1.40. The molecule has 0 spiro atoms. The molecule has 5 nitrogen and oxygen atoms in total. The van der Waals surface area contributed by atoms with Crippen LogP contribution in [-0.2, 0) is 4.79 Å². The number of carbonyl (C=O) groups is 1. The van der Waals surface area contributed by atoms with E-state index in [0.717, 1.165) is 0 Å². The van der Waals surface area contributed by atoms with Crippen LogP contribution in [0.5, 0.6) is 5.75 Å². The van der Waals surface area contributed by atoms with E-state index >= 15 is 0 Å². The lowest BCUT2D eigenvalue weighted by molar-refractivity contribution is -0.141. The van der Waals surface area contributed by atoms with Gasteiger partial charge in [-0.05, 0) is 24.1 Å². The van der Waals surface area contributed by atoms with Gasteiger partial charge in [0.1, 0.15) is 17.9 Å². The second-order valence-electron chi connectivity index (χ2n) is 3.35. The van der Waals surface area contributed by atoms with Gasteiger partial charge in [-0.2, -0.15) is 0 Å². The molecule has 0 amide bonds. The van der Waals surface area contributed by atoms with E-state index in [4.69, 9.17) is 10.8 Å². The molecule has 1 aromatic rings. The molecule has 0 saturated heterocycles. The molecule has 1 rings (SSSR count). The Labute approximate surface area is 86.8 Å². The third kappa shape index (κ3) is 2.45. The fourth-order valence-corrected chi connectivity index (χ4v) is 1.15. The zero-order valence-electron chi connectivity index (χ0n) is 8.21. The van der Waals surface area contributed by atoms with Crippen molar-refractivity contribution < 1.29 is 20.1 Å². The van der Waals surface area contributed by atoms with Crippen molar-refractivity contribution >= 4 is 5.97 Å². The lowest BCUT2D eigenvalue weighted by Crippen LogP contribution is -2.36. The molecule has 15 heavy (non-hydrogen) atoms. The SMILES string of the molecule is Cc1ccc(C(O)C(N)C(=O)O)cc1O. The van der Waals surface area contributed by atoms with Crippen LogP contribution in [0.2, 0.25) is 0 Å². The summed E-state index contributed by atoms with van der Waals surface area (Å²) in [6.45, 7) is 1.70. The van der Waals surface area contributed by atoms with Crippen LogP contribution in [-0.4, -0.2) is 27.3 Å². The Kier molecular flexibility index (Phi) is 3.28. The number of carboxylic acid groups (broad SMARTS) is 1. The van der Waals surface area contributed by atoms with Crippen molar-refractivity contribution in [3.05, 3.63) is 29.3 Å². The van der Waals surface area contributed by atoms with Gasteiger partial charge in [0.05, 0.1) is 0 Å². The number of aliphatic hydroxyl groups is 1. The van der Waals surface area contributed by atoms with E-state index in [-0.39, 0.29) is 11.3 Å². The van der Waals surface area contributed by atoms with E-state index in [2.05, 4.69) is 0 Å². The molecule has 0 heterocycles. The van der Waals surface area contributed by atoms with Crippen LogP contribution in [0, 0.1) is 6.92 Å². The summed E-state index contributed by atoms with van der Waals surface area (Å²) in [5.74, 6) is -1.29. The monoisotopic (exact) mass is 211 g/mol. The highest BCUT2D eigenvalue weighted by molar-refractivity contribution is 5.74. The van der Waals surface area contributed by atoms with E-state index in [9.17, 15) is 15.0 Å². The van der Waals surface area contributed by atoms with Crippen molar-refractivity contribution in [3.63, 3.8) is 0 Å². The first-order valence-electron chi connectivity index (χ1n) is 4.39. The van der Waals surface area contributed by atoms with Gasteiger partial charge in [-0.1, -0.05) is 12.1 Å². The van der Waals surface area contributed by atoms with Gasteiger partial charge in [0, 0.05) is 0 Å². The van der Waals surface area contributed by atoms with Gasteiger partial charge in [-0.15, -0.1) is 0 Å².